The van der Waals surface area contributed by atoms with E-state index in [-0.39, 0.29) is 16.5 Å². The van der Waals surface area contributed by atoms with Gasteiger partial charge < -0.3 is 10.3 Å². The van der Waals surface area contributed by atoms with Crippen molar-refractivity contribution in [3.05, 3.63) is 46.9 Å². The third kappa shape index (κ3) is 3.92. The molecule has 0 radical (unpaired) electrons. The number of H-pyrrole nitrogens is 1. The minimum absolute atomic E-state index is 0.0865. The van der Waals surface area contributed by atoms with Crippen molar-refractivity contribution in [2.24, 2.45) is 5.92 Å². The van der Waals surface area contributed by atoms with Crippen LogP contribution in [-0.2, 0) is 10.0 Å². The molecule has 1 aromatic carbocycles. The number of nitrogens with one attached hydrogen (secondary N) is 2. The second kappa shape index (κ2) is 8.65. The molecule has 1 saturated heterocycles. The molecule has 3 heterocycles. The van der Waals surface area contributed by atoms with Crippen molar-refractivity contribution < 1.29 is 8.42 Å². The fraction of sp³-hybridized carbons (Fsp3) is 0.435. The van der Waals surface area contributed by atoms with Gasteiger partial charge in [0.05, 0.1) is 28.9 Å². The standard InChI is InChI=1S/C23H26N6O3S/c24-12-10-19(16-4-3-5-16)29-20-11-13-25-23(30)21(20)22(27-29)26-17-6-8-18(9-7-17)33(31,32)28-14-1-2-15-28/h6-9,11,13,16,19H,1-5,10,14-15H2,(H,25,30)(H,26,27). The maximum absolute atomic E-state index is 12.8. The minimum Gasteiger partial charge on any atom is -0.338 e. The fourth-order valence-electron chi connectivity index (χ4n) is 4.74. The Morgan fingerprint density at radius 2 is 1.88 bits per heavy atom. The summed E-state index contributed by atoms with van der Waals surface area (Å²) in [5.41, 5.74) is 1.05. The van der Waals surface area contributed by atoms with E-state index in [0.717, 1.165) is 32.1 Å². The van der Waals surface area contributed by atoms with Crippen LogP contribution in [0.5, 0.6) is 0 Å². The number of sulfonamides is 1. The number of rotatable bonds is 7. The number of hydrogen-bond acceptors (Lipinski definition) is 6. The number of benzene rings is 1. The zero-order valence-electron chi connectivity index (χ0n) is 18.2. The highest BCUT2D eigenvalue weighted by Gasteiger charge is 2.31. The molecule has 0 bridgehead atoms. The zero-order valence-corrected chi connectivity index (χ0v) is 19.0. The van der Waals surface area contributed by atoms with Gasteiger partial charge in [0, 0.05) is 25.0 Å². The van der Waals surface area contributed by atoms with E-state index in [9.17, 15) is 18.5 Å². The molecule has 1 saturated carbocycles. The van der Waals surface area contributed by atoms with Crippen LogP contribution in [-0.4, -0.2) is 40.6 Å². The number of fused-ring (bicyclic) bond motifs is 1. The van der Waals surface area contributed by atoms with Crippen LogP contribution in [0, 0.1) is 17.2 Å². The summed E-state index contributed by atoms with van der Waals surface area (Å²) in [6.07, 6.45) is 6.93. The van der Waals surface area contributed by atoms with Crippen molar-refractivity contribution >= 4 is 32.4 Å². The normalized spacial score (nSPS) is 18.2. The Morgan fingerprint density at radius 3 is 2.52 bits per heavy atom. The van der Waals surface area contributed by atoms with Crippen molar-refractivity contribution in [3.8, 4) is 6.07 Å². The first-order chi connectivity index (χ1) is 16.0. The van der Waals surface area contributed by atoms with Gasteiger partial charge in [-0.05, 0) is 61.9 Å². The third-order valence-corrected chi connectivity index (χ3v) is 8.67. The topological polar surface area (TPSA) is 124 Å². The Kier molecular flexibility index (Phi) is 5.68. The number of aromatic nitrogens is 3. The van der Waals surface area contributed by atoms with Crippen LogP contribution in [0.1, 0.15) is 44.6 Å². The van der Waals surface area contributed by atoms with Crippen LogP contribution in [0.4, 0.5) is 11.5 Å². The first kappa shape index (κ1) is 21.7. The molecule has 2 aromatic heterocycles. The molecule has 2 fully saturated rings. The third-order valence-electron chi connectivity index (χ3n) is 6.76. The van der Waals surface area contributed by atoms with Crippen LogP contribution in [0.15, 0.2) is 46.2 Å². The van der Waals surface area contributed by atoms with Gasteiger partial charge in [0.25, 0.3) is 5.56 Å². The van der Waals surface area contributed by atoms with Crippen molar-refractivity contribution in [1.82, 2.24) is 19.1 Å². The number of aromatic amines is 1. The summed E-state index contributed by atoms with van der Waals surface area (Å²) >= 11 is 0. The summed E-state index contributed by atoms with van der Waals surface area (Å²) in [5, 5.41) is 17.7. The second-order valence-corrected chi connectivity index (χ2v) is 10.7. The molecule has 33 heavy (non-hydrogen) atoms. The molecule has 2 aliphatic rings. The molecule has 1 aliphatic heterocycles. The first-order valence-corrected chi connectivity index (χ1v) is 12.8. The summed E-state index contributed by atoms with van der Waals surface area (Å²) in [6.45, 7) is 1.11. The number of nitriles is 1. The molecule has 0 amide bonds. The Bertz CT molecular complexity index is 1360. The monoisotopic (exact) mass is 466 g/mol. The summed E-state index contributed by atoms with van der Waals surface area (Å²) in [6, 6.07) is 10.5. The van der Waals surface area contributed by atoms with E-state index in [1.165, 1.54) is 4.31 Å². The molecule has 172 valence electrons. The summed E-state index contributed by atoms with van der Waals surface area (Å²) in [4.78, 5) is 15.6. The quantitative estimate of drug-likeness (QED) is 0.549. The SMILES string of the molecule is N#CCC(C1CCC1)n1nc(Nc2ccc(S(=O)(=O)N3CCCC3)cc2)c2c(=O)[nH]ccc21. The average molecular weight is 467 g/mol. The molecule has 0 spiro atoms. The predicted molar refractivity (Wildman–Crippen MR) is 125 cm³/mol. The van der Waals surface area contributed by atoms with E-state index in [2.05, 4.69) is 16.4 Å². The van der Waals surface area contributed by atoms with Crippen LogP contribution < -0.4 is 10.9 Å². The van der Waals surface area contributed by atoms with Gasteiger partial charge in [-0.2, -0.15) is 14.7 Å². The van der Waals surface area contributed by atoms with Gasteiger partial charge in [-0.3, -0.25) is 9.48 Å². The first-order valence-electron chi connectivity index (χ1n) is 11.3. The van der Waals surface area contributed by atoms with Gasteiger partial charge in [0.15, 0.2) is 5.82 Å². The van der Waals surface area contributed by atoms with Gasteiger partial charge in [-0.15, -0.1) is 0 Å². The smallest absolute Gasteiger partial charge is 0.261 e. The highest BCUT2D eigenvalue weighted by Crippen LogP contribution is 2.40. The number of pyridine rings is 1. The molecule has 1 atom stereocenters. The maximum atomic E-state index is 12.8. The van der Waals surface area contributed by atoms with Crippen LogP contribution in [0.3, 0.4) is 0 Å². The molecular weight excluding hydrogens is 440 g/mol. The van der Waals surface area contributed by atoms with E-state index in [4.69, 9.17) is 5.10 Å². The van der Waals surface area contributed by atoms with Gasteiger partial charge in [-0.25, -0.2) is 8.42 Å². The lowest BCUT2D eigenvalue weighted by Gasteiger charge is -2.32. The fourth-order valence-corrected chi connectivity index (χ4v) is 6.25. The molecule has 1 unspecified atom stereocenters. The minimum atomic E-state index is -3.49. The number of hydrogen-bond donors (Lipinski definition) is 2. The Morgan fingerprint density at radius 1 is 1.15 bits per heavy atom. The molecule has 2 N–H and O–H groups in total. The van der Waals surface area contributed by atoms with Gasteiger partial charge >= 0.3 is 0 Å². The van der Waals surface area contributed by atoms with Crippen LogP contribution in [0.25, 0.3) is 10.9 Å². The Labute approximate surface area is 192 Å². The van der Waals surface area contributed by atoms with Crippen LogP contribution in [0.2, 0.25) is 0 Å². The highest BCUT2D eigenvalue weighted by atomic mass is 32.2. The zero-order chi connectivity index (χ0) is 23.0. The molecule has 3 aromatic rings. The molecule has 1 aliphatic carbocycles. The van der Waals surface area contributed by atoms with E-state index in [0.29, 0.717) is 47.8 Å². The molecule has 9 nitrogen and oxygen atoms in total. The van der Waals surface area contributed by atoms with Crippen molar-refractivity contribution in [2.45, 2.75) is 49.5 Å². The summed E-state index contributed by atoms with van der Waals surface area (Å²) in [5.74, 6) is 0.763. The number of anilines is 2. The average Bonchev–Trinajstić information content (AvgIpc) is 3.42. The van der Waals surface area contributed by atoms with Crippen molar-refractivity contribution in [2.75, 3.05) is 18.4 Å². The molecular formula is C23H26N6O3S. The lowest BCUT2D eigenvalue weighted by molar-refractivity contribution is 0.203. The summed E-state index contributed by atoms with van der Waals surface area (Å²) in [7, 11) is -3.49. The maximum Gasteiger partial charge on any atom is 0.261 e. The van der Waals surface area contributed by atoms with Crippen LogP contribution >= 0.6 is 0 Å². The molecule has 10 heteroatoms. The van der Waals surface area contributed by atoms with Gasteiger partial charge in [0.1, 0.15) is 5.39 Å². The van der Waals surface area contributed by atoms with E-state index in [1.807, 2.05) is 10.7 Å². The van der Waals surface area contributed by atoms with Gasteiger partial charge in [-0.1, -0.05) is 6.42 Å². The van der Waals surface area contributed by atoms with Crippen molar-refractivity contribution in [1.29, 1.82) is 5.26 Å². The van der Waals surface area contributed by atoms with E-state index in [1.54, 1.807) is 30.5 Å². The summed E-state index contributed by atoms with van der Waals surface area (Å²) < 4.78 is 28.9. The largest absolute Gasteiger partial charge is 0.338 e. The molecule has 5 rings (SSSR count). The lowest BCUT2D eigenvalue weighted by atomic mass is 9.79. The Hall–Kier alpha value is -3.16. The van der Waals surface area contributed by atoms with E-state index >= 15 is 0 Å². The van der Waals surface area contributed by atoms with Gasteiger partial charge in [0.2, 0.25) is 10.0 Å². The lowest BCUT2D eigenvalue weighted by Crippen LogP contribution is -2.27. The van der Waals surface area contributed by atoms with Crippen molar-refractivity contribution in [3.63, 3.8) is 0 Å². The second-order valence-electron chi connectivity index (χ2n) is 8.74. The van der Waals surface area contributed by atoms with E-state index < -0.39 is 10.0 Å². The number of nitrogens with zero attached hydrogens (tertiary/aromatic N) is 4. The highest BCUT2D eigenvalue weighted by molar-refractivity contribution is 7.89. The Balaban J connectivity index is 1.48. The predicted octanol–water partition coefficient (Wildman–Crippen LogP) is 3.51.